The van der Waals surface area contributed by atoms with Crippen LogP contribution in [0.1, 0.15) is 17.9 Å². The van der Waals surface area contributed by atoms with Crippen LogP contribution >= 0.6 is 0 Å². The fourth-order valence-corrected chi connectivity index (χ4v) is 1.80. The van der Waals surface area contributed by atoms with Crippen LogP contribution in [0.5, 0.6) is 5.75 Å². The van der Waals surface area contributed by atoms with Gasteiger partial charge in [-0.2, -0.15) is 0 Å². The minimum Gasteiger partial charge on any atom is -0.406 e. The number of benzene rings is 1. The second-order valence-corrected chi connectivity index (χ2v) is 3.73. The Labute approximate surface area is 91.4 Å². The molecule has 1 aliphatic rings. The van der Waals surface area contributed by atoms with Gasteiger partial charge in [0.2, 0.25) is 0 Å². The number of halogens is 3. The third-order valence-electron chi connectivity index (χ3n) is 2.57. The van der Waals surface area contributed by atoms with Crippen LogP contribution in [-0.4, -0.2) is 19.5 Å². The molecule has 0 N–H and O–H groups in total. The Bertz CT molecular complexity index is 341. The second-order valence-electron chi connectivity index (χ2n) is 3.73. The molecule has 1 atom stereocenters. The SMILES string of the molecule is FC(F)(F)Oc1ccc([C@H]2CC[N]C2)cc1. The zero-order chi connectivity index (χ0) is 11.6. The fraction of sp³-hybridized carbons (Fsp3) is 0.455. The molecule has 0 amide bonds. The van der Waals surface area contributed by atoms with E-state index >= 15 is 0 Å². The second kappa shape index (κ2) is 4.33. The number of nitrogens with zero attached hydrogens (tertiary/aromatic N) is 1. The zero-order valence-corrected chi connectivity index (χ0v) is 8.50. The molecule has 0 saturated carbocycles. The van der Waals surface area contributed by atoms with E-state index in [2.05, 4.69) is 10.1 Å². The van der Waals surface area contributed by atoms with Crippen LogP contribution in [0.2, 0.25) is 0 Å². The van der Waals surface area contributed by atoms with Gasteiger partial charge in [0.05, 0.1) is 0 Å². The fourth-order valence-electron chi connectivity index (χ4n) is 1.80. The average Bonchev–Trinajstić information content (AvgIpc) is 2.69. The minimum absolute atomic E-state index is 0.175. The van der Waals surface area contributed by atoms with Crippen LogP contribution in [0, 0.1) is 0 Å². The molecule has 5 heteroatoms. The van der Waals surface area contributed by atoms with Gasteiger partial charge in [-0.15, -0.1) is 13.2 Å². The number of hydrogen-bond acceptors (Lipinski definition) is 1. The lowest BCUT2D eigenvalue weighted by Gasteiger charge is -2.11. The minimum atomic E-state index is -4.62. The van der Waals surface area contributed by atoms with Crippen molar-refractivity contribution in [2.75, 3.05) is 13.1 Å². The van der Waals surface area contributed by atoms with E-state index in [0.717, 1.165) is 25.1 Å². The lowest BCUT2D eigenvalue weighted by molar-refractivity contribution is -0.274. The smallest absolute Gasteiger partial charge is 0.406 e. The van der Waals surface area contributed by atoms with Gasteiger partial charge in [-0.25, -0.2) is 5.32 Å². The van der Waals surface area contributed by atoms with Gasteiger partial charge in [0, 0.05) is 13.1 Å². The molecular weight excluding hydrogens is 219 g/mol. The Morgan fingerprint density at radius 1 is 1.19 bits per heavy atom. The van der Waals surface area contributed by atoms with Crippen LogP contribution in [-0.2, 0) is 0 Å². The average molecular weight is 230 g/mol. The first kappa shape index (κ1) is 11.3. The molecule has 2 rings (SSSR count). The third kappa shape index (κ3) is 2.88. The van der Waals surface area contributed by atoms with Gasteiger partial charge < -0.3 is 4.74 Å². The number of ether oxygens (including phenoxy) is 1. The normalized spacial score (nSPS) is 21.1. The van der Waals surface area contributed by atoms with E-state index in [1.54, 1.807) is 12.1 Å². The van der Waals surface area contributed by atoms with Crippen molar-refractivity contribution in [3.05, 3.63) is 29.8 Å². The summed E-state index contributed by atoms with van der Waals surface area (Å²) >= 11 is 0. The summed E-state index contributed by atoms with van der Waals surface area (Å²) in [6.45, 7) is 1.60. The zero-order valence-electron chi connectivity index (χ0n) is 8.50. The number of alkyl halides is 3. The summed E-state index contributed by atoms with van der Waals surface area (Å²) in [7, 11) is 0. The molecule has 0 aromatic heterocycles. The molecule has 1 fully saturated rings. The Morgan fingerprint density at radius 3 is 2.38 bits per heavy atom. The first-order chi connectivity index (χ1) is 7.54. The largest absolute Gasteiger partial charge is 0.573 e. The molecule has 87 valence electrons. The van der Waals surface area contributed by atoms with E-state index in [0.29, 0.717) is 5.92 Å². The van der Waals surface area contributed by atoms with Gasteiger partial charge >= 0.3 is 6.36 Å². The summed E-state index contributed by atoms with van der Waals surface area (Å²) in [4.78, 5) is 0. The van der Waals surface area contributed by atoms with Crippen LogP contribution in [0.15, 0.2) is 24.3 Å². The topological polar surface area (TPSA) is 23.3 Å². The Kier molecular flexibility index (Phi) is 3.05. The van der Waals surface area contributed by atoms with Crippen LogP contribution < -0.4 is 10.1 Å². The van der Waals surface area contributed by atoms with Crippen molar-refractivity contribution < 1.29 is 17.9 Å². The molecule has 0 spiro atoms. The first-order valence-electron chi connectivity index (χ1n) is 5.03. The van der Waals surface area contributed by atoms with Crippen LogP contribution in [0.3, 0.4) is 0 Å². The Hall–Kier alpha value is -1.23. The maximum absolute atomic E-state index is 11.9. The van der Waals surface area contributed by atoms with Crippen molar-refractivity contribution in [2.45, 2.75) is 18.7 Å². The van der Waals surface area contributed by atoms with Gasteiger partial charge in [0.25, 0.3) is 0 Å². The lowest BCUT2D eigenvalue weighted by Crippen LogP contribution is -2.17. The molecule has 0 unspecified atom stereocenters. The predicted octanol–water partition coefficient (Wildman–Crippen LogP) is 2.68. The first-order valence-corrected chi connectivity index (χ1v) is 5.03. The Morgan fingerprint density at radius 2 is 1.88 bits per heavy atom. The van der Waals surface area contributed by atoms with E-state index < -0.39 is 6.36 Å². The van der Waals surface area contributed by atoms with E-state index in [9.17, 15) is 13.2 Å². The highest BCUT2D eigenvalue weighted by Gasteiger charge is 2.31. The maximum atomic E-state index is 11.9. The van der Waals surface area contributed by atoms with Crippen molar-refractivity contribution in [1.82, 2.24) is 5.32 Å². The summed E-state index contributed by atoms with van der Waals surface area (Å²) in [5.41, 5.74) is 1.02. The van der Waals surface area contributed by atoms with E-state index in [-0.39, 0.29) is 5.75 Å². The summed E-state index contributed by atoms with van der Waals surface area (Å²) in [6, 6.07) is 6.04. The summed E-state index contributed by atoms with van der Waals surface area (Å²) in [6.07, 6.45) is -3.65. The van der Waals surface area contributed by atoms with Gasteiger partial charge in [0.15, 0.2) is 0 Å². The molecule has 1 heterocycles. The predicted molar refractivity (Wildman–Crippen MR) is 52.4 cm³/mol. The quantitative estimate of drug-likeness (QED) is 0.766. The molecule has 16 heavy (non-hydrogen) atoms. The van der Waals surface area contributed by atoms with Gasteiger partial charge in [-0.05, 0) is 30.0 Å². The summed E-state index contributed by atoms with van der Waals surface area (Å²) < 4.78 is 39.5. The van der Waals surface area contributed by atoms with Crippen molar-refractivity contribution in [3.63, 3.8) is 0 Å². The molecule has 0 bridgehead atoms. The molecule has 1 aromatic carbocycles. The summed E-state index contributed by atoms with van der Waals surface area (Å²) in [5.74, 6) is 0.172. The van der Waals surface area contributed by atoms with E-state index in [1.165, 1.54) is 12.1 Å². The van der Waals surface area contributed by atoms with Crippen molar-refractivity contribution in [3.8, 4) is 5.75 Å². The number of hydrogen-bond donors (Lipinski definition) is 0. The van der Waals surface area contributed by atoms with Gasteiger partial charge in [-0.3, -0.25) is 0 Å². The molecule has 1 radical (unpaired) electrons. The Balaban J connectivity index is 2.04. The van der Waals surface area contributed by atoms with Crippen molar-refractivity contribution in [1.29, 1.82) is 0 Å². The lowest BCUT2D eigenvalue weighted by atomic mass is 9.99. The van der Waals surface area contributed by atoms with E-state index in [4.69, 9.17) is 0 Å². The molecule has 1 aromatic rings. The third-order valence-corrected chi connectivity index (χ3v) is 2.57. The van der Waals surface area contributed by atoms with Gasteiger partial charge in [0.1, 0.15) is 5.75 Å². The molecular formula is C11H11F3NO. The highest BCUT2D eigenvalue weighted by molar-refractivity contribution is 5.30. The molecule has 0 aliphatic carbocycles. The van der Waals surface area contributed by atoms with Crippen LogP contribution in [0.25, 0.3) is 0 Å². The molecule has 1 saturated heterocycles. The summed E-state index contributed by atoms with van der Waals surface area (Å²) in [5, 5.41) is 4.21. The van der Waals surface area contributed by atoms with Crippen molar-refractivity contribution in [2.24, 2.45) is 0 Å². The molecule has 2 nitrogen and oxygen atoms in total. The van der Waals surface area contributed by atoms with Crippen LogP contribution in [0.4, 0.5) is 13.2 Å². The highest BCUT2D eigenvalue weighted by Crippen LogP contribution is 2.27. The van der Waals surface area contributed by atoms with Gasteiger partial charge in [-0.1, -0.05) is 12.1 Å². The highest BCUT2D eigenvalue weighted by atomic mass is 19.4. The van der Waals surface area contributed by atoms with E-state index in [1.807, 2.05) is 0 Å². The number of rotatable bonds is 2. The molecule has 1 aliphatic heterocycles. The monoisotopic (exact) mass is 230 g/mol. The van der Waals surface area contributed by atoms with Crippen molar-refractivity contribution >= 4 is 0 Å². The maximum Gasteiger partial charge on any atom is 0.573 e. The standard InChI is InChI=1S/C11H11F3NO/c12-11(13,14)16-10-3-1-8(2-4-10)9-5-6-15-7-9/h1-4,9H,5-7H2/t9-/m0/s1.